The van der Waals surface area contributed by atoms with Gasteiger partial charge in [0.15, 0.2) is 11.5 Å². The van der Waals surface area contributed by atoms with Crippen LogP contribution in [0.5, 0.6) is 11.5 Å². The lowest BCUT2D eigenvalue weighted by Crippen LogP contribution is -2.27. The van der Waals surface area contributed by atoms with Gasteiger partial charge in [-0.15, -0.1) is 0 Å². The van der Waals surface area contributed by atoms with Crippen molar-refractivity contribution < 1.29 is 18.7 Å². The number of hydrogen-bond donors (Lipinski definition) is 1. The third kappa shape index (κ3) is 4.47. The number of rotatable bonds is 7. The first-order valence-electron chi connectivity index (χ1n) is 7.76. The van der Waals surface area contributed by atoms with Crippen LogP contribution in [0.1, 0.15) is 16.7 Å². The molecule has 0 saturated carbocycles. The molecule has 5 heteroatoms. The Morgan fingerprint density at radius 2 is 1.75 bits per heavy atom. The highest BCUT2D eigenvalue weighted by molar-refractivity contribution is 5.79. The van der Waals surface area contributed by atoms with E-state index in [1.807, 2.05) is 19.1 Å². The molecule has 0 aliphatic rings. The Balaban J connectivity index is 1.94. The molecule has 0 bridgehead atoms. The Bertz CT molecular complexity index is 716. The zero-order valence-corrected chi connectivity index (χ0v) is 14.2. The highest BCUT2D eigenvalue weighted by Crippen LogP contribution is 2.30. The summed E-state index contributed by atoms with van der Waals surface area (Å²) in [5, 5.41) is 2.82. The minimum Gasteiger partial charge on any atom is -0.493 e. The van der Waals surface area contributed by atoms with Gasteiger partial charge in [-0.2, -0.15) is 0 Å². The molecule has 0 saturated heterocycles. The molecular formula is C19H22FNO3. The second kappa shape index (κ2) is 8.34. The third-order valence-corrected chi connectivity index (χ3v) is 3.87. The first-order valence-corrected chi connectivity index (χ1v) is 7.76. The number of carbonyl (C=O) groups excluding carboxylic acids is 1. The lowest BCUT2D eigenvalue weighted by molar-refractivity contribution is -0.120. The standard InChI is InChI=1S/C19H22FNO3/c1-13-10-17(23-2)18(24-3)11-15(13)12-19(22)21-9-8-14-6-4-5-7-16(14)20/h4-7,10-11H,8-9,12H2,1-3H3,(H,21,22). The molecular weight excluding hydrogens is 309 g/mol. The molecule has 0 spiro atoms. The number of nitrogens with one attached hydrogen (secondary N) is 1. The van der Waals surface area contributed by atoms with E-state index in [1.54, 1.807) is 32.4 Å². The molecule has 2 aromatic rings. The second-order valence-corrected chi connectivity index (χ2v) is 5.50. The molecule has 4 nitrogen and oxygen atoms in total. The predicted molar refractivity (Wildman–Crippen MR) is 91.1 cm³/mol. The van der Waals surface area contributed by atoms with Crippen LogP contribution in [0.4, 0.5) is 4.39 Å². The molecule has 0 radical (unpaired) electrons. The molecule has 0 unspecified atom stereocenters. The quantitative estimate of drug-likeness (QED) is 0.848. The normalized spacial score (nSPS) is 10.3. The summed E-state index contributed by atoms with van der Waals surface area (Å²) in [6.07, 6.45) is 0.701. The number of hydrogen-bond acceptors (Lipinski definition) is 3. The van der Waals surface area contributed by atoms with Crippen LogP contribution < -0.4 is 14.8 Å². The molecule has 2 rings (SSSR count). The van der Waals surface area contributed by atoms with Gasteiger partial charge in [0.2, 0.25) is 5.91 Å². The number of halogens is 1. The molecule has 0 aliphatic heterocycles. The monoisotopic (exact) mass is 331 g/mol. The van der Waals surface area contributed by atoms with Crippen molar-refractivity contribution in [1.82, 2.24) is 5.32 Å². The molecule has 2 aromatic carbocycles. The Hall–Kier alpha value is -2.56. The van der Waals surface area contributed by atoms with Crippen LogP contribution in [0.3, 0.4) is 0 Å². The van der Waals surface area contributed by atoms with Crippen molar-refractivity contribution in [2.45, 2.75) is 19.8 Å². The molecule has 24 heavy (non-hydrogen) atoms. The summed E-state index contributed by atoms with van der Waals surface area (Å²) in [4.78, 5) is 12.1. The van der Waals surface area contributed by atoms with Crippen LogP contribution in [0.2, 0.25) is 0 Å². The Morgan fingerprint density at radius 3 is 2.42 bits per heavy atom. The summed E-state index contributed by atoms with van der Waals surface area (Å²) in [5.41, 5.74) is 2.42. The van der Waals surface area contributed by atoms with Crippen molar-refractivity contribution in [3.05, 3.63) is 58.9 Å². The van der Waals surface area contributed by atoms with E-state index in [4.69, 9.17) is 9.47 Å². The average Bonchev–Trinajstić information content (AvgIpc) is 2.58. The maximum atomic E-state index is 13.5. The van der Waals surface area contributed by atoms with E-state index in [1.165, 1.54) is 6.07 Å². The summed E-state index contributed by atoms with van der Waals surface area (Å²) in [7, 11) is 3.14. The van der Waals surface area contributed by atoms with Crippen molar-refractivity contribution in [3.63, 3.8) is 0 Å². The average molecular weight is 331 g/mol. The van der Waals surface area contributed by atoms with E-state index < -0.39 is 0 Å². The van der Waals surface area contributed by atoms with E-state index in [9.17, 15) is 9.18 Å². The molecule has 0 aliphatic carbocycles. The van der Waals surface area contributed by atoms with Crippen molar-refractivity contribution >= 4 is 5.91 Å². The van der Waals surface area contributed by atoms with E-state index in [2.05, 4.69) is 5.32 Å². The van der Waals surface area contributed by atoms with E-state index in [0.29, 0.717) is 30.0 Å². The molecule has 1 amide bonds. The van der Waals surface area contributed by atoms with Gasteiger partial charge in [0.25, 0.3) is 0 Å². The Morgan fingerprint density at radius 1 is 1.08 bits per heavy atom. The van der Waals surface area contributed by atoms with Gasteiger partial charge in [0.05, 0.1) is 20.6 Å². The first kappa shape index (κ1) is 17.8. The maximum absolute atomic E-state index is 13.5. The Kier molecular flexibility index (Phi) is 6.18. The van der Waals surface area contributed by atoms with Crippen LogP contribution in [0.15, 0.2) is 36.4 Å². The number of aryl methyl sites for hydroxylation is 1. The minimum atomic E-state index is -0.248. The van der Waals surface area contributed by atoms with Crippen LogP contribution in [-0.2, 0) is 17.6 Å². The number of carbonyl (C=O) groups is 1. The van der Waals surface area contributed by atoms with Crippen LogP contribution in [0.25, 0.3) is 0 Å². The third-order valence-electron chi connectivity index (χ3n) is 3.87. The highest BCUT2D eigenvalue weighted by atomic mass is 19.1. The van der Waals surface area contributed by atoms with Crippen molar-refractivity contribution in [2.24, 2.45) is 0 Å². The predicted octanol–water partition coefficient (Wildman–Crippen LogP) is 3.05. The Labute approximate surface area is 141 Å². The highest BCUT2D eigenvalue weighted by Gasteiger charge is 2.12. The SMILES string of the molecule is COc1cc(C)c(CC(=O)NCCc2ccccc2F)cc1OC. The summed E-state index contributed by atoms with van der Waals surface area (Å²) in [5.74, 6) is 0.875. The smallest absolute Gasteiger partial charge is 0.224 e. The minimum absolute atomic E-state index is 0.110. The van der Waals surface area contributed by atoms with Gasteiger partial charge in [-0.05, 0) is 48.2 Å². The summed E-state index contributed by atoms with van der Waals surface area (Å²) < 4.78 is 24.0. The summed E-state index contributed by atoms with van der Waals surface area (Å²) in [6, 6.07) is 10.2. The second-order valence-electron chi connectivity index (χ2n) is 5.50. The molecule has 1 N–H and O–H groups in total. The van der Waals surface area contributed by atoms with Crippen LogP contribution in [-0.4, -0.2) is 26.7 Å². The zero-order valence-electron chi connectivity index (χ0n) is 14.2. The lowest BCUT2D eigenvalue weighted by Gasteiger charge is -2.13. The van der Waals surface area contributed by atoms with Gasteiger partial charge in [-0.25, -0.2) is 4.39 Å². The number of ether oxygens (including phenoxy) is 2. The molecule has 0 atom stereocenters. The fraction of sp³-hybridized carbons (Fsp3) is 0.316. The zero-order chi connectivity index (χ0) is 17.5. The van der Waals surface area contributed by atoms with Gasteiger partial charge < -0.3 is 14.8 Å². The topological polar surface area (TPSA) is 47.6 Å². The van der Waals surface area contributed by atoms with Gasteiger partial charge in [-0.1, -0.05) is 18.2 Å². The largest absolute Gasteiger partial charge is 0.493 e. The summed E-state index contributed by atoms with van der Waals surface area (Å²) in [6.45, 7) is 2.32. The fourth-order valence-electron chi connectivity index (χ4n) is 2.49. The van der Waals surface area contributed by atoms with Crippen molar-refractivity contribution in [3.8, 4) is 11.5 Å². The maximum Gasteiger partial charge on any atom is 0.224 e. The molecule has 0 heterocycles. The van der Waals surface area contributed by atoms with Crippen molar-refractivity contribution in [2.75, 3.05) is 20.8 Å². The lowest BCUT2D eigenvalue weighted by atomic mass is 10.0. The number of benzene rings is 2. The van der Waals surface area contributed by atoms with Gasteiger partial charge in [0.1, 0.15) is 5.82 Å². The van der Waals surface area contributed by atoms with E-state index >= 15 is 0 Å². The van der Waals surface area contributed by atoms with Crippen LogP contribution >= 0.6 is 0 Å². The van der Waals surface area contributed by atoms with Crippen LogP contribution in [0, 0.1) is 12.7 Å². The van der Waals surface area contributed by atoms with E-state index in [0.717, 1.165) is 11.1 Å². The van der Waals surface area contributed by atoms with Gasteiger partial charge >= 0.3 is 0 Å². The number of methoxy groups -OCH3 is 2. The van der Waals surface area contributed by atoms with Crippen molar-refractivity contribution in [1.29, 1.82) is 0 Å². The van der Waals surface area contributed by atoms with Gasteiger partial charge in [-0.3, -0.25) is 4.79 Å². The molecule has 128 valence electrons. The van der Waals surface area contributed by atoms with Gasteiger partial charge in [0, 0.05) is 6.54 Å². The molecule has 0 fully saturated rings. The fourth-order valence-corrected chi connectivity index (χ4v) is 2.49. The number of amides is 1. The first-order chi connectivity index (χ1) is 11.5. The molecule has 0 aromatic heterocycles. The summed E-state index contributed by atoms with van der Waals surface area (Å²) >= 11 is 0. The van der Waals surface area contributed by atoms with E-state index in [-0.39, 0.29) is 18.1 Å².